The molecule has 0 aliphatic rings. The van der Waals surface area contributed by atoms with Gasteiger partial charge in [-0.3, -0.25) is 9.68 Å². The Kier molecular flexibility index (Phi) is 6.59. The maximum absolute atomic E-state index is 12.4. The lowest BCUT2D eigenvalue weighted by Crippen LogP contribution is -2.42. The fourth-order valence-corrected chi connectivity index (χ4v) is 2.25. The van der Waals surface area contributed by atoms with Crippen LogP contribution >= 0.6 is 0 Å². The maximum Gasteiger partial charge on any atom is 0.365 e. The predicted molar refractivity (Wildman–Crippen MR) is 95.6 cm³/mol. The zero-order chi connectivity index (χ0) is 19.3. The summed E-state index contributed by atoms with van der Waals surface area (Å²) in [5.41, 5.74) is 2.76. The summed E-state index contributed by atoms with van der Waals surface area (Å²) in [6.07, 6.45) is -0.428. The van der Waals surface area contributed by atoms with E-state index in [1.165, 1.54) is 13.2 Å². The second kappa shape index (κ2) is 8.68. The number of nitrogens with one attached hydrogen (secondary N) is 1. The van der Waals surface area contributed by atoms with E-state index in [0.717, 1.165) is 5.06 Å². The number of nitrogens with zero attached hydrogens (tertiary/aromatic N) is 1. The van der Waals surface area contributed by atoms with Crippen molar-refractivity contribution in [2.45, 2.75) is 46.4 Å². The number of carbonyl (C=O) groups is 1. The molecule has 8 nitrogen and oxygen atoms in total. The molecular weight excluding hydrogens is 340 g/mol. The van der Waals surface area contributed by atoms with E-state index in [-0.39, 0.29) is 18.8 Å². The number of rotatable bonds is 7. The summed E-state index contributed by atoms with van der Waals surface area (Å²) in [5, 5.41) is 1.80. The molecule has 1 aromatic carbocycles. The molecule has 0 aliphatic carbocycles. The third-order valence-corrected chi connectivity index (χ3v) is 3.30. The molecule has 0 saturated heterocycles. The second-order valence-electron chi connectivity index (χ2n) is 6.22. The van der Waals surface area contributed by atoms with E-state index in [2.05, 4.69) is 5.48 Å². The summed E-state index contributed by atoms with van der Waals surface area (Å²) < 4.78 is 10.4. The number of carbonyl (C=O) groups excluding carboxylic acids is 1. The van der Waals surface area contributed by atoms with Gasteiger partial charge in [0, 0.05) is 17.5 Å². The number of methoxy groups -OCH3 is 1. The van der Waals surface area contributed by atoms with Crippen molar-refractivity contribution in [3.8, 4) is 5.75 Å². The molecule has 1 heterocycles. The quantitative estimate of drug-likeness (QED) is 0.600. The molecule has 142 valence electrons. The van der Waals surface area contributed by atoms with E-state index >= 15 is 0 Å². The highest BCUT2D eigenvalue weighted by Gasteiger charge is 2.19. The third-order valence-electron chi connectivity index (χ3n) is 3.30. The van der Waals surface area contributed by atoms with Gasteiger partial charge < -0.3 is 9.15 Å². The third kappa shape index (κ3) is 5.21. The van der Waals surface area contributed by atoms with Gasteiger partial charge in [0.25, 0.3) is 0 Å². The average Bonchev–Trinajstić information content (AvgIpc) is 2.57. The number of ether oxygens (including phenoxy) is 1. The Labute approximate surface area is 151 Å². The number of hydroxylamine groups is 3. The highest BCUT2D eigenvalue weighted by atomic mass is 16.7. The molecule has 8 heteroatoms. The van der Waals surface area contributed by atoms with Crippen LogP contribution in [0.2, 0.25) is 0 Å². The molecule has 2 amide bonds. The molecule has 0 atom stereocenters. The lowest BCUT2D eigenvalue weighted by molar-refractivity contribution is -0.163. The first-order valence-corrected chi connectivity index (χ1v) is 8.31. The van der Waals surface area contributed by atoms with Gasteiger partial charge in [0.05, 0.1) is 25.9 Å². The van der Waals surface area contributed by atoms with Crippen LogP contribution in [0.15, 0.2) is 33.5 Å². The van der Waals surface area contributed by atoms with Crippen molar-refractivity contribution in [2.24, 2.45) is 0 Å². The fourth-order valence-electron chi connectivity index (χ4n) is 2.25. The molecule has 0 unspecified atom stereocenters. The van der Waals surface area contributed by atoms with Gasteiger partial charge >= 0.3 is 11.7 Å². The Morgan fingerprint density at radius 1 is 1.19 bits per heavy atom. The summed E-state index contributed by atoms with van der Waals surface area (Å²) in [4.78, 5) is 34.9. The number of benzene rings is 1. The summed E-state index contributed by atoms with van der Waals surface area (Å²) in [7, 11) is 1.53. The number of hydrogen-bond acceptors (Lipinski definition) is 6. The topological polar surface area (TPSA) is 90.2 Å². The maximum atomic E-state index is 12.4. The minimum atomic E-state index is -0.567. The first-order valence-electron chi connectivity index (χ1n) is 8.31. The Balaban J connectivity index is 2.34. The molecule has 0 spiro atoms. The van der Waals surface area contributed by atoms with Gasteiger partial charge in [0.2, 0.25) is 0 Å². The number of amides is 2. The van der Waals surface area contributed by atoms with Crippen molar-refractivity contribution in [1.29, 1.82) is 0 Å². The number of hydrogen-bond donors (Lipinski definition) is 1. The lowest BCUT2D eigenvalue weighted by Gasteiger charge is -2.24. The first-order chi connectivity index (χ1) is 12.3. The molecule has 2 aromatic rings. The molecule has 0 bridgehead atoms. The van der Waals surface area contributed by atoms with Crippen LogP contribution in [-0.4, -0.2) is 30.4 Å². The standard InChI is InChI=1S/C18H24N2O6/c1-11(2)25-19-18(22)20(26-12(3)4)10-13-8-17(21)24-16-9-14(23-5)6-7-15(13)16/h6-9,11-12H,10H2,1-5H3,(H,19,22). The van der Waals surface area contributed by atoms with Gasteiger partial charge in [0.1, 0.15) is 11.3 Å². The second-order valence-corrected chi connectivity index (χ2v) is 6.22. The van der Waals surface area contributed by atoms with Gasteiger partial charge in [-0.15, -0.1) is 0 Å². The van der Waals surface area contributed by atoms with Crippen molar-refractivity contribution in [2.75, 3.05) is 7.11 Å². The minimum absolute atomic E-state index is 0.0416. The number of urea groups is 1. The zero-order valence-corrected chi connectivity index (χ0v) is 15.6. The number of fused-ring (bicyclic) bond motifs is 1. The van der Waals surface area contributed by atoms with Crippen molar-refractivity contribution in [1.82, 2.24) is 10.5 Å². The lowest BCUT2D eigenvalue weighted by atomic mass is 10.1. The van der Waals surface area contributed by atoms with E-state index in [1.807, 2.05) is 0 Å². The summed E-state index contributed by atoms with van der Waals surface area (Å²) in [6, 6.07) is 5.91. The highest BCUT2D eigenvalue weighted by molar-refractivity contribution is 5.82. The normalized spacial score (nSPS) is 11.2. The van der Waals surface area contributed by atoms with Gasteiger partial charge in [0.15, 0.2) is 0 Å². The van der Waals surface area contributed by atoms with Crippen molar-refractivity contribution in [3.63, 3.8) is 0 Å². The molecular formula is C18H24N2O6. The van der Waals surface area contributed by atoms with E-state index in [1.54, 1.807) is 45.9 Å². The zero-order valence-electron chi connectivity index (χ0n) is 15.6. The molecule has 1 N–H and O–H groups in total. The van der Waals surface area contributed by atoms with Crippen LogP contribution < -0.4 is 15.8 Å². The fraction of sp³-hybridized carbons (Fsp3) is 0.444. The van der Waals surface area contributed by atoms with Crippen LogP contribution in [0.1, 0.15) is 33.3 Å². The van der Waals surface area contributed by atoms with Crippen LogP contribution in [0, 0.1) is 0 Å². The molecule has 0 fully saturated rings. The van der Waals surface area contributed by atoms with Crippen LogP contribution in [0.25, 0.3) is 11.0 Å². The largest absolute Gasteiger partial charge is 0.497 e. The van der Waals surface area contributed by atoms with Crippen LogP contribution in [0.5, 0.6) is 5.75 Å². The summed E-state index contributed by atoms with van der Waals surface area (Å²) >= 11 is 0. The molecule has 0 saturated carbocycles. The average molecular weight is 364 g/mol. The van der Waals surface area contributed by atoms with Gasteiger partial charge in [-0.05, 0) is 45.4 Å². The van der Waals surface area contributed by atoms with Gasteiger partial charge in [-0.2, -0.15) is 5.06 Å². The Hall–Kier alpha value is -2.58. The van der Waals surface area contributed by atoms with Crippen molar-refractivity contribution < 1.29 is 23.6 Å². The van der Waals surface area contributed by atoms with Crippen LogP contribution in [0.3, 0.4) is 0 Å². The van der Waals surface area contributed by atoms with Crippen molar-refractivity contribution in [3.05, 3.63) is 40.2 Å². The van der Waals surface area contributed by atoms with E-state index in [0.29, 0.717) is 22.3 Å². The highest BCUT2D eigenvalue weighted by Crippen LogP contribution is 2.23. The molecule has 0 aliphatic heterocycles. The monoisotopic (exact) mass is 364 g/mol. The Bertz CT molecular complexity index is 815. The summed E-state index contributed by atoms with van der Waals surface area (Å²) in [6.45, 7) is 7.21. The smallest absolute Gasteiger partial charge is 0.365 e. The van der Waals surface area contributed by atoms with Gasteiger partial charge in [-0.25, -0.2) is 15.1 Å². The molecule has 0 radical (unpaired) electrons. The molecule has 2 rings (SSSR count). The first kappa shape index (κ1) is 19.7. The van der Waals surface area contributed by atoms with Crippen molar-refractivity contribution >= 4 is 17.0 Å². The molecule has 1 aromatic heterocycles. The van der Waals surface area contributed by atoms with Gasteiger partial charge in [-0.1, -0.05) is 0 Å². The Morgan fingerprint density at radius 2 is 1.92 bits per heavy atom. The molecule has 26 heavy (non-hydrogen) atoms. The van der Waals surface area contributed by atoms with Crippen LogP contribution in [0.4, 0.5) is 4.79 Å². The van der Waals surface area contributed by atoms with E-state index < -0.39 is 11.7 Å². The van der Waals surface area contributed by atoms with E-state index in [9.17, 15) is 9.59 Å². The SMILES string of the molecule is COc1ccc2c(CN(OC(C)C)C(=O)NOC(C)C)cc(=O)oc2c1. The van der Waals surface area contributed by atoms with Crippen LogP contribution in [-0.2, 0) is 16.2 Å². The minimum Gasteiger partial charge on any atom is -0.497 e. The summed E-state index contributed by atoms with van der Waals surface area (Å²) in [5.74, 6) is 0.566. The predicted octanol–water partition coefficient (Wildman–Crippen LogP) is 2.99. The Morgan fingerprint density at radius 3 is 2.54 bits per heavy atom. The van der Waals surface area contributed by atoms with E-state index in [4.69, 9.17) is 18.8 Å².